The maximum absolute atomic E-state index is 13.1. The molecule has 11 nitrogen and oxygen atoms in total. The molecule has 35 heavy (non-hydrogen) atoms. The standard InChI is InChI=1S/C24H28N4O7/c1-4-5-7-14-19(20-15(32-2)8-6-9-16(20)33-3)22(30)21(23(31)25-14)24-27-26-17(35-24)12-28-10-11-34-13-18(28)29/h6,8-9H,4-5,7,10-13H2,1-3H3,(H2,25,30,31). The quantitative estimate of drug-likeness (QED) is 0.469. The number of hydrogen-bond acceptors (Lipinski definition) is 9. The van der Waals surface area contributed by atoms with Crippen LogP contribution in [0.3, 0.4) is 0 Å². The van der Waals surface area contributed by atoms with Crippen molar-refractivity contribution in [2.45, 2.75) is 32.7 Å². The number of rotatable bonds is 9. The van der Waals surface area contributed by atoms with Gasteiger partial charge >= 0.3 is 0 Å². The third-order valence-electron chi connectivity index (χ3n) is 5.82. The molecule has 2 N–H and O–H groups in total. The predicted octanol–water partition coefficient (Wildman–Crippen LogP) is 2.52. The molecule has 3 heterocycles. The fraction of sp³-hybridized carbons (Fsp3) is 0.417. The van der Waals surface area contributed by atoms with Crippen LogP contribution in [0.25, 0.3) is 22.6 Å². The Morgan fingerprint density at radius 3 is 2.51 bits per heavy atom. The van der Waals surface area contributed by atoms with Crippen molar-refractivity contribution in [1.82, 2.24) is 20.1 Å². The summed E-state index contributed by atoms with van der Waals surface area (Å²) >= 11 is 0. The van der Waals surface area contributed by atoms with Crippen LogP contribution in [0.2, 0.25) is 0 Å². The van der Waals surface area contributed by atoms with Crippen LogP contribution in [-0.4, -0.2) is 65.1 Å². The Kier molecular flexibility index (Phi) is 7.35. The molecule has 1 fully saturated rings. The Bertz CT molecular complexity index is 1240. The van der Waals surface area contributed by atoms with E-state index in [4.69, 9.17) is 18.6 Å². The first-order valence-corrected chi connectivity index (χ1v) is 11.4. The summed E-state index contributed by atoms with van der Waals surface area (Å²) in [6.07, 6.45) is 2.20. The van der Waals surface area contributed by atoms with E-state index in [0.29, 0.717) is 47.9 Å². The van der Waals surface area contributed by atoms with Crippen molar-refractivity contribution in [3.8, 4) is 39.8 Å². The summed E-state index contributed by atoms with van der Waals surface area (Å²) in [4.78, 5) is 29.5. The normalized spacial score (nSPS) is 13.8. The number of nitrogens with one attached hydrogen (secondary N) is 1. The zero-order valence-corrected chi connectivity index (χ0v) is 19.9. The molecule has 0 atom stereocenters. The highest BCUT2D eigenvalue weighted by Gasteiger charge is 2.28. The van der Waals surface area contributed by atoms with Crippen LogP contribution in [0.4, 0.5) is 0 Å². The van der Waals surface area contributed by atoms with Crippen molar-refractivity contribution in [3.05, 3.63) is 40.1 Å². The summed E-state index contributed by atoms with van der Waals surface area (Å²) in [7, 11) is 3.04. The molecule has 186 valence electrons. The first kappa shape index (κ1) is 24.3. The van der Waals surface area contributed by atoms with Crippen LogP contribution in [-0.2, 0) is 22.5 Å². The van der Waals surface area contributed by atoms with Gasteiger partial charge in [0.1, 0.15) is 29.4 Å². The maximum Gasteiger partial charge on any atom is 0.264 e. The highest BCUT2D eigenvalue weighted by atomic mass is 16.5. The Hall–Kier alpha value is -3.86. The summed E-state index contributed by atoms with van der Waals surface area (Å²) in [5.41, 5.74) is 0.673. The molecular formula is C24H28N4O7. The van der Waals surface area contributed by atoms with Gasteiger partial charge in [0.25, 0.3) is 11.4 Å². The van der Waals surface area contributed by atoms with E-state index in [-0.39, 0.29) is 42.2 Å². The van der Waals surface area contributed by atoms with Crippen molar-refractivity contribution in [1.29, 1.82) is 0 Å². The summed E-state index contributed by atoms with van der Waals surface area (Å²) in [5.74, 6) is 0.403. The second-order valence-electron chi connectivity index (χ2n) is 8.04. The Morgan fingerprint density at radius 2 is 1.86 bits per heavy atom. The number of aromatic nitrogens is 3. The highest BCUT2D eigenvalue weighted by Crippen LogP contribution is 2.46. The predicted molar refractivity (Wildman–Crippen MR) is 125 cm³/mol. The molecule has 0 aliphatic carbocycles. The summed E-state index contributed by atoms with van der Waals surface area (Å²) < 4.78 is 21.9. The molecule has 11 heteroatoms. The van der Waals surface area contributed by atoms with Crippen molar-refractivity contribution in [2.24, 2.45) is 0 Å². The lowest BCUT2D eigenvalue weighted by Gasteiger charge is -2.25. The fourth-order valence-electron chi connectivity index (χ4n) is 4.04. The number of H-pyrrole nitrogens is 1. The summed E-state index contributed by atoms with van der Waals surface area (Å²) in [6, 6.07) is 5.26. The molecular weight excluding hydrogens is 456 g/mol. The largest absolute Gasteiger partial charge is 0.506 e. The molecule has 4 rings (SSSR count). The number of unbranched alkanes of at least 4 members (excludes halogenated alkanes) is 1. The molecule has 2 aromatic heterocycles. The minimum atomic E-state index is -0.566. The van der Waals surface area contributed by atoms with E-state index in [2.05, 4.69) is 15.2 Å². The topological polar surface area (TPSA) is 140 Å². The molecule has 0 spiro atoms. The number of ether oxygens (including phenoxy) is 3. The van der Waals surface area contributed by atoms with E-state index < -0.39 is 5.56 Å². The smallest absolute Gasteiger partial charge is 0.264 e. The van der Waals surface area contributed by atoms with Crippen LogP contribution in [0.1, 0.15) is 31.4 Å². The van der Waals surface area contributed by atoms with Gasteiger partial charge in [-0.15, -0.1) is 10.2 Å². The lowest BCUT2D eigenvalue weighted by Crippen LogP contribution is -2.41. The van der Waals surface area contributed by atoms with Crippen LogP contribution >= 0.6 is 0 Å². The van der Waals surface area contributed by atoms with E-state index in [1.54, 1.807) is 18.2 Å². The summed E-state index contributed by atoms with van der Waals surface area (Å²) in [5, 5.41) is 19.4. The number of aromatic hydroxyl groups is 1. The molecule has 1 amide bonds. The van der Waals surface area contributed by atoms with Gasteiger partial charge in [-0.05, 0) is 25.0 Å². The number of pyridine rings is 1. The van der Waals surface area contributed by atoms with Crippen LogP contribution in [0, 0.1) is 0 Å². The van der Waals surface area contributed by atoms with Gasteiger partial charge in [-0.1, -0.05) is 19.4 Å². The average molecular weight is 485 g/mol. The van der Waals surface area contributed by atoms with Crippen LogP contribution in [0.5, 0.6) is 17.2 Å². The lowest BCUT2D eigenvalue weighted by atomic mass is 9.96. The van der Waals surface area contributed by atoms with Gasteiger partial charge in [0.2, 0.25) is 11.8 Å². The second-order valence-corrected chi connectivity index (χ2v) is 8.04. The van der Waals surface area contributed by atoms with Gasteiger partial charge in [-0.25, -0.2) is 0 Å². The van der Waals surface area contributed by atoms with Gasteiger partial charge in [0.15, 0.2) is 0 Å². The van der Waals surface area contributed by atoms with Crippen molar-refractivity contribution < 1.29 is 28.5 Å². The van der Waals surface area contributed by atoms with Gasteiger partial charge in [-0.2, -0.15) is 0 Å². The number of carbonyl (C=O) groups is 1. The first-order valence-electron chi connectivity index (χ1n) is 11.4. The third-order valence-corrected chi connectivity index (χ3v) is 5.82. The number of hydrogen-bond donors (Lipinski definition) is 2. The monoisotopic (exact) mass is 484 g/mol. The number of amides is 1. The maximum atomic E-state index is 13.1. The number of morpholine rings is 1. The number of aromatic amines is 1. The molecule has 1 aliphatic rings. The molecule has 1 aliphatic heterocycles. The molecule has 0 radical (unpaired) electrons. The molecule has 1 aromatic carbocycles. The number of nitrogens with zero attached hydrogens (tertiary/aromatic N) is 3. The fourth-order valence-corrected chi connectivity index (χ4v) is 4.04. The van der Waals surface area contributed by atoms with E-state index in [0.717, 1.165) is 12.8 Å². The zero-order chi connectivity index (χ0) is 24.9. The van der Waals surface area contributed by atoms with Crippen molar-refractivity contribution in [2.75, 3.05) is 34.0 Å². The van der Waals surface area contributed by atoms with Gasteiger partial charge in [0.05, 0.1) is 38.5 Å². The summed E-state index contributed by atoms with van der Waals surface area (Å²) in [6.45, 7) is 2.91. The minimum Gasteiger partial charge on any atom is -0.506 e. The van der Waals surface area contributed by atoms with Gasteiger partial charge in [0, 0.05) is 12.2 Å². The molecule has 3 aromatic rings. The third kappa shape index (κ3) is 4.85. The zero-order valence-electron chi connectivity index (χ0n) is 19.9. The lowest BCUT2D eigenvalue weighted by molar-refractivity contribution is -0.143. The molecule has 0 bridgehead atoms. The first-order chi connectivity index (χ1) is 17.0. The Labute approximate surface area is 201 Å². The SMILES string of the molecule is CCCCc1[nH]c(=O)c(-c2nnc(CN3CCOCC3=O)o2)c(O)c1-c1c(OC)cccc1OC. The van der Waals surface area contributed by atoms with Crippen molar-refractivity contribution >= 4 is 5.91 Å². The van der Waals surface area contributed by atoms with E-state index in [1.807, 2.05) is 6.92 Å². The Morgan fingerprint density at radius 1 is 1.11 bits per heavy atom. The number of benzene rings is 1. The van der Waals surface area contributed by atoms with Gasteiger partial charge in [-0.3, -0.25) is 9.59 Å². The second kappa shape index (κ2) is 10.6. The number of methoxy groups -OCH3 is 2. The molecule has 1 saturated heterocycles. The van der Waals surface area contributed by atoms with Crippen LogP contribution < -0.4 is 15.0 Å². The molecule has 0 saturated carbocycles. The van der Waals surface area contributed by atoms with E-state index in [1.165, 1.54) is 19.1 Å². The minimum absolute atomic E-state index is 0.00915. The van der Waals surface area contributed by atoms with Crippen molar-refractivity contribution in [3.63, 3.8) is 0 Å². The van der Waals surface area contributed by atoms with E-state index in [9.17, 15) is 14.7 Å². The van der Waals surface area contributed by atoms with E-state index >= 15 is 0 Å². The molecule has 0 unspecified atom stereocenters. The highest BCUT2D eigenvalue weighted by molar-refractivity contribution is 5.87. The van der Waals surface area contributed by atoms with Gasteiger partial charge < -0.3 is 33.6 Å². The Balaban J connectivity index is 1.83. The van der Waals surface area contributed by atoms with Crippen LogP contribution in [0.15, 0.2) is 27.4 Å². The average Bonchev–Trinajstić information content (AvgIpc) is 3.31. The number of carbonyl (C=O) groups excluding carboxylic acids is 1. The number of aryl methyl sites for hydroxylation is 1.